The van der Waals surface area contributed by atoms with E-state index < -0.39 is 45.5 Å². The fraction of sp³-hybridized carbons (Fsp3) is 1.00. The van der Waals surface area contributed by atoms with E-state index in [4.69, 9.17) is 0 Å². The maximum absolute atomic E-state index is 12.9. The van der Waals surface area contributed by atoms with Crippen molar-refractivity contribution >= 4 is 40.9 Å². The summed E-state index contributed by atoms with van der Waals surface area (Å²) in [5.41, 5.74) is 0. The zero-order valence-corrected chi connectivity index (χ0v) is 11.2. The predicted molar refractivity (Wildman–Crippen MR) is 49.1 cm³/mol. The summed E-state index contributed by atoms with van der Waals surface area (Å²) in [6, 6.07) is 0. The van der Waals surface area contributed by atoms with E-state index in [1.807, 2.05) is 0 Å². The number of halogens is 4. The minimum absolute atomic E-state index is 0.381. The molecule has 0 aliphatic carbocycles. The monoisotopic (exact) mass is 374 g/mol. The van der Waals surface area contributed by atoms with E-state index in [1.165, 1.54) is 0 Å². The summed E-state index contributed by atoms with van der Waals surface area (Å²) in [7, 11) is -26.2. The summed E-state index contributed by atoms with van der Waals surface area (Å²) < 4.78 is 124. The standard InChI is InChI=1S/CH2F4N2O8S4/c2-1(3,16(8,9)6-18(4,12)13)17(10,11)7-19(5,14)15/h6-7H. The Morgan fingerprint density at radius 3 is 1.00 bits per heavy atom. The number of hydrogen-bond donors (Lipinski definition) is 2. The van der Waals surface area contributed by atoms with Crippen LogP contribution in [0, 0.1) is 0 Å². The molecule has 18 heteroatoms. The highest BCUT2D eigenvalue weighted by Crippen LogP contribution is 2.28. The molecule has 0 aliphatic heterocycles. The molecule has 0 unspecified atom stereocenters. The van der Waals surface area contributed by atoms with Gasteiger partial charge in [-0.15, -0.1) is 0 Å². The largest absolute Gasteiger partial charge is 0.475 e. The Labute approximate surface area is 104 Å². The zero-order valence-electron chi connectivity index (χ0n) is 7.91. The van der Waals surface area contributed by atoms with Gasteiger partial charge in [0.05, 0.1) is 0 Å². The second-order valence-corrected chi connectivity index (χ2v) is 8.89. The molecular weight excluding hydrogens is 372 g/mol. The number of hydrogen-bond acceptors (Lipinski definition) is 8. The maximum Gasteiger partial charge on any atom is 0.475 e. The van der Waals surface area contributed by atoms with Crippen molar-refractivity contribution in [3.05, 3.63) is 0 Å². The third-order valence-electron chi connectivity index (χ3n) is 1.04. The molecule has 0 radical (unpaired) electrons. The van der Waals surface area contributed by atoms with Gasteiger partial charge in [-0.2, -0.15) is 25.6 Å². The number of nitrogens with one attached hydrogen (secondary N) is 2. The second-order valence-electron chi connectivity index (χ2n) is 2.51. The molecule has 116 valence electrons. The SMILES string of the molecule is O=S(=O)(F)NS(=O)(=O)C(F)(F)S(=O)(=O)NS(=O)(=O)F. The average Bonchev–Trinajstić information content (AvgIpc) is 1.92. The molecule has 0 heterocycles. The van der Waals surface area contributed by atoms with E-state index in [1.54, 1.807) is 0 Å². The summed E-state index contributed by atoms with van der Waals surface area (Å²) in [6.45, 7) is 0. The van der Waals surface area contributed by atoms with Crippen LogP contribution in [0.4, 0.5) is 16.6 Å². The molecule has 0 saturated heterocycles. The lowest BCUT2D eigenvalue weighted by atomic mass is 11.6. The van der Waals surface area contributed by atoms with Gasteiger partial charge in [-0.05, 0) is 0 Å². The third kappa shape index (κ3) is 4.80. The molecule has 0 aliphatic rings. The summed E-state index contributed by atoms with van der Waals surface area (Å²) in [5, 5.41) is 0. The van der Waals surface area contributed by atoms with Gasteiger partial charge in [-0.25, -0.2) is 16.8 Å². The van der Waals surface area contributed by atoms with Crippen molar-refractivity contribution in [2.75, 3.05) is 0 Å². The van der Waals surface area contributed by atoms with Crippen molar-refractivity contribution in [2.45, 2.75) is 4.59 Å². The van der Waals surface area contributed by atoms with Crippen LogP contribution in [0.3, 0.4) is 0 Å². The highest BCUT2D eigenvalue weighted by atomic mass is 32.3. The number of rotatable bonds is 6. The smallest absolute Gasteiger partial charge is 0.204 e. The van der Waals surface area contributed by atoms with E-state index >= 15 is 0 Å². The van der Waals surface area contributed by atoms with Crippen LogP contribution in [-0.4, -0.2) is 38.3 Å². The topological polar surface area (TPSA) is 161 Å². The van der Waals surface area contributed by atoms with Crippen LogP contribution in [0.2, 0.25) is 0 Å². The van der Waals surface area contributed by atoms with Crippen molar-refractivity contribution < 1.29 is 50.2 Å². The molecule has 0 atom stereocenters. The summed E-state index contributed by atoms with van der Waals surface area (Å²) in [6.07, 6.45) is 0. The van der Waals surface area contributed by atoms with E-state index in [-0.39, 0.29) is 8.25 Å². The van der Waals surface area contributed by atoms with Gasteiger partial charge >= 0.3 is 45.5 Å². The van der Waals surface area contributed by atoms with Crippen molar-refractivity contribution in [2.24, 2.45) is 0 Å². The van der Waals surface area contributed by atoms with E-state index in [9.17, 15) is 50.2 Å². The lowest BCUT2D eigenvalue weighted by molar-refractivity contribution is 0.178. The molecule has 0 fully saturated rings. The van der Waals surface area contributed by atoms with Crippen LogP contribution in [0.5, 0.6) is 0 Å². The molecule has 0 aromatic carbocycles. The fourth-order valence-electron chi connectivity index (χ4n) is 0.504. The van der Waals surface area contributed by atoms with E-state index in [0.29, 0.717) is 0 Å². The van der Waals surface area contributed by atoms with Gasteiger partial charge in [0, 0.05) is 0 Å². The first-order valence-electron chi connectivity index (χ1n) is 3.24. The van der Waals surface area contributed by atoms with Crippen LogP contribution in [-0.2, 0) is 40.9 Å². The Balaban J connectivity index is 5.89. The third-order valence-corrected chi connectivity index (χ3v) is 6.96. The van der Waals surface area contributed by atoms with Crippen molar-refractivity contribution in [3.8, 4) is 0 Å². The summed E-state index contributed by atoms with van der Waals surface area (Å²) >= 11 is 0. The number of alkyl halides is 2. The maximum atomic E-state index is 12.9. The van der Waals surface area contributed by atoms with Gasteiger partial charge in [-0.3, -0.25) is 0 Å². The lowest BCUT2D eigenvalue weighted by Gasteiger charge is -2.15. The lowest BCUT2D eigenvalue weighted by Crippen LogP contribution is -2.51. The van der Waals surface area contributed by atoms with E-state index in [2.05, 4.69) is 0 Å². The van der Waals surface area contributed by atoms with Gasteiger partial charge in [0.25, 0.3) is 0 Å². The quantitative estimate of drug-likeness (QED) is 0.391. The van der Waals surface area contributed by atoms with Crippen molar-refractivity contribution in [1.29, 1.82) is 0 Å². The Morgan fingerprint density at radius 2 is 0.842 bits per heavy atom. The minimum Gasteiger partial charge on any atom is -0.204 e. The summed E-state index contributed by atoms with van der Waals surface area (Å²) in [4.78, 5) is 0. The number of sulfonamides is 2. The molecule has 0 aromatic heterocycles. The van der Waals surface area contributed by atoms with Gasteiger partial charge < -0.3 is 0 Å². The second kappa shape index (κ2) is 4.77. The first-order chi connectivity index (χ1) is 7.91. The van der Waals surface area contributed by atoms with E-state index in [0.717, 1.165) is 0 Å². The fourth-order valence-corrected chi connectivity index (χ4v) is 5.14. The van der Waals surface area contributed by atoms with Gasteiger partial charge in [0.15, 0.2) is 0 Å². The Hall–Kier alpha value is -0.560. The van der Waals surface area contributed by atoms with Gasteiger partial charge in [0.2, 0.25) is 0 Å². The van der Waals surface area contributed by atoms with Gasteiger partial charge in [0.1, 0.15) is 0 Å². The molecule has 2 N–H and O–H groups in total. The molecular formula is CH2F4N2O8S4. The van der Waals surface area contributed by atoms with Crippen molar-refractivity contribution in [1.82, 2.24) is 8.25 Å². The molecule has 0 saturated carbocycles. The molecule has 10 nitrogen and oxygen atoms in total. The molecule has 0 rings (SSSR count). The molecule has 0 bridgehead atoms. The van der Waals surface area contributed by atoms with Gasteiger partial charge in [-0.1, -0.05) is 16.0 Å². The Morgan fingerprint density at radius 1 is 0.632 bits per heavy atom. The van der Waals surface area contributed by atoms with Crippen LogP contribution < -0.4 is 8.25 Å². The average molecular weight is 374 g/mol. The summed E-state index contributed by atoms with van der Waals surface area (Å²) in [5.74, 6) is 0. The minimum atomic E-state index is -6.78. The van der Waals surface area contributed by atoms with Crippen LogP contribution in [0.1, 0.15) is 0 Å². The first-order valence-corrected chi connectivity index (χ1v) is 8.98. The van der Waals surface area contributed by atoms with Crippen molar-refractivity contribution in [3.63, 3.8) is 0 Å². The van der Waals surface area contributed by atoms with Crippen LogP contribution in [0.15, 0.2) is 0 Å². The Bertz CT molecular complexity index is 693. The van der Waals surface area contributed by atoms with Crippen LogP contribution in [0.25, 0.3) is 0 Å². The normalized spacial score (nSPS) is 15.4. The zero-order chi connectivity index (χ0) is 15.9. The Kier molecular flexibility index (Phi) is 4.63. The molecule has 0 amide bonds. The molecule has 0 aromatic rings. The highest BCUT2D eigenvalue weighted by Gasteiger charge is 2.60. The molecule has 0 spiro atoms. The predicted octanol–water partition coefficient (Wildman–Crippen LogP) is -2.20. The first kappa shape index (κ1) is 18.4. The molecule has 19 heavy (non-hydrogen) atoms. The van der Waals surface area contributed by atoms with Crippen LogP contribution >= 0.6 is 0 Å². The highest BCUT2D eigenvalue weighted by molar-refractivity contribution is 8.15.